The molecular formula is C42H53IrN2O2S2-. The quantitative estimate of drug-likeness (QED) is 0.0784. The number of benzene rings is 3. The zero-order valence-electron chi connectivity index (χ0n) is 30.7. The van der Waals surface area contributed by atoms with E-state index >= 15 is 0 Å². The third-order valence-electron chi connectivity index (χ3n) is 10.5. The van der Waals surface area contributed by atoms with Crippen molar-refractivity contribution in [3.05, 3.63) is 89.3 Å². The maximum atomic E-state index is 10.3. The molecule has 2 aromatic heterocycles. The van der Waals surface area contributed by atoms with Gasteiger partial charge in [0.1, 0.15) is 6.33 Å². The van der Waals surface area contributed by atoms with Gasteiger partial charge in [0.15, 0.2) is 0 Å². The Bertz CT molecular complexity index is 1900. The van der Waals surface area contributed by atoms with Gasteiger partial charge in [0.05, 0.1) is 17.6 Å². The normalized spacial score (nSPS) is 13.2. The van der Waals surface area contributed by atoms with Gasteiger partial charge in [0.25, 0.3) is 0 Å². The number of thiol groups is 1. The van der Waals surface area contributed by atoms with Crippen LogP contribution in [0, 0.1) is 23.8 Å². The van der Waals surface area contributed by atoms with Crippen LogP contribution in [0.25, 0.3) is 43.4 Å². The monoisotopic (exact) mass is 874 g/mol. The molecule has 0 amide bonds. The fourth-order valence-electron chi connectivity index (χ4n) is 5.91. The van der Waals surface area contributed by atoms with Gasteiger partial charge in [-0.15, -0.1) is 53.1 Å². The maximum Gasteiger partial charge on any atom is 0.108 e. The number of hydrogen-bond acceptors (Lipinski definition) is 6. The maximum absolute atomic E-state index is 10.3. The van der Waals surface area contributed by atoms with Crippen molar-refractivity contribution in [2.45, 2.75) is 111 Å². The van der Waals surface area contributed by atoms with E-state index in [4.69, 9.17) is 12.6 Å². The van der Waals surface area contributed by atoms with Gasteiger partial charge in [-0.2, -0.15) is 0 Å². The van der Waals surface area contributed by atoms with Crippen LogP contribution in [0.1, 0.15) is 99.1 Å². The largest absolute Gasteiger partial charge is 0.512 e. The van der Waals surface area contributed by atoms with Crippen LogP contribution >= 0.6 is 24.0 Å². The van der Waals surface area contributed by atoms with Crippen molar-refractivity contribution in [2.24, 2.45) is 10.8 Å². The number of thiophene rings is 1. The molecule has 2 N–H and O–H groups in total. The van der Waals surface area contributed by atoms with E-state index in [1.165, 1.54) is 26.6 Å². The van der Waals surface area contributed by atoms with Crippen LogP contribution in [-0.4, -0.2) is 26.3 Å². The average molecular weight is 874 g/mol. The van der Waals surface area contributed by atoms with Gasteiger partial charge in [-0.3, -0.25) is 4.98 Å². The van der Waals surface area contributed by atoms with Gasteiger partial charge >= 0.3 is 0 Å². The van der Waals surface area contributed by atoms with Crippen molar-refractivity contribution < 1.29 is 30.3 Å². The van der Waals surface area contributed by atoms with Crippen molar-refractivity contribution in [3.8, 4) is 22.5 Å². The predicted octanol–water partition coefficient (Wildman–Crippen LogP) is 12.3. The van der Waals surface area contributed by atoms with Gasteiger partial charge in [-0.05, 0) is 71.9 Å². The van der Waals surface area contributed by atoms with Gasteiger partial charge in [0.2, 0.25) is 0 Å². The summed E-state index contributed by atoms with van der Waals surface area (Å²) in [5.74, 6) is 0.336. The third-order valence-corrected chi connectivity index (χ3v) is 12.0. The molecule has 5 aromatic rings. The number of aromatic nitrogens is 2. The Morgan fingerprint density at radius 1 is 0.898 bits per heavy atom. The molecule has 7 heteroatoms. The van der Waals surface area contributed by atoms with E-state index in [2.05, 4.69) is 132 Å². The second kappa shape index (κ2) is 16.7. The molecule has 3 aromatic carbocycles. The average Bonchev–Trinajstić information content (AvgIpc) is 3.46. The third kappa shape index (κ3) is 8.86. The van der Waals surface area contributed by atoms with Crippen LogP contribution in [0.5, 0.6) is 0 Å². The molecule has 4 nitrogen and oxygen atoms in total. The number of nitrogens with zero attached hydrogens (tertiary/aromatic N) is 2. The molecule has 0 saturated carbocycles. The number of fused-ring (bicyclic) bond motifs is 2. The standard InChI is InChI=1S/C27H23N2S2.C15H30O2.Ir/c1-16-14-31-23-13-18(9-10-20(16)23)24-26(30)25(29-15-28-24)19-11-17-7-5-6-8-21(17)22(12-19)27(2,3)4;1-7-14(5,8-2)12(16)11-13(17)15(6,9-3)10-4;/h5-10,12-15,30H,1-4H3;11-12,16-17H,7-10H2,1-6H3;/q-1;;/b;13-11-;. The van der Waals surface area contributed by atoms with E-state index in [-0.39, 0.29) is 36.4 Å². The van der Waals surface area contributed by atoms with Gasteiger partial charge in [-0.25, -0.2) is 4.98 Å². The predicted molar refractivity (Wildman–Crippen MR) is 209 cm³/mol. The molecule has 5 rings (SSSR count). The number of aliphatic hydroxyl groups is 2. The number of aryl methyl sites for hydroxylation is 1. The number of aliphatic hydroxyl groups excluding tert-OH is 2. The van der Waals surface area contributed by atoms with Crippen LogP contribution in [-0.2, 0) is 25.5 Å². The second-order valence-electron chi connectivity index (χ2n) is 14.6. The molecule has 0 aliphatic rings. The summed E-state index contributed by atoms with van der Waals surface area (Å²) >= 11 is 6.65. The topological polar surface area (TPSA) is 66.2 Å². The Hall–Kier alpha value is -2.54. The summed E-state index contributed by atoms with van der Waals surface area (Å²) in [7, 11) is 0. The molecule has 0 bridgehead atoms. The van der Waals surface area contributed by atoms with Crippen molar-refractivity contribution in [2.75, 3.05) is 0 Å². The zero-order valence-corrected chi connectivity index (χ0v) is 34.8. The zero-order chi connectivity index (χ0) is 35.4. The summed E-state index contributed by atoms with van der Waals surface area (Å²) in [6, 6.07) is 20.7. The van der Waals surface area contributed by atoms with E-state index in [0.29, 0.717) is 5.76 Å². The van der Waals surface area contributed by atoms with Crippen LogP contribution < -0.4 is 0 Å². The van der Waals surface area contributed by atoms with Gasteiger partial charge in [-0.1, -0.05) is 104 Å². The molecule has 0 saturated heterocycles. The summed E-state index contributed by atoms with van der Waals surface area (Å²) < 4.78 is 1.26. The first kappa shape index (κ1) is 40.9. The van der Waals surface area contributed by atoms with Crippen LogP contribution in [0.3, 0.4) is 0 Å². The Morgan fingerprint density at radius 2 is 1.53 bits per heavy atom. The van der Waals surface area contributed by atoms with Gasteiger partial charge in [0, 0.05) is 46.4 Å². The molecule has 0 aliphatic carbocycles. The van der Waals surface area contributed by atoms with E-state index in [9.17, 15) is 10.2 Å². The van der Waals surface area contributed by atoms with Gasteiger partial charge < -0.3 is 10.2 Å². The first-order chi connectivity index (χ1) is 22.6. The van der Waals surface area contributed by atoms with Crippen molar-refractivity contribution in [1.29, 1.82) is 0 Å². The minimum Gasteiger partial charge on any atom is -0.512 e. The number of hydrogen-bond donors (Lipinski definition) is 3. The molecule has 1 unspecified atom stereocenters. The second-order valence-corrected chi connectivity index (χ2v) is 15.9. The SMILES string of the molecule is CCC(C)(CC)/C(O)=C/C(O)C(C)(CC)CC.Cc1csc2cc(-c3ncnc(-c4[c-]c5ccccc5c(C(C)(C)C)c4)c3S)ccc12.[Ir]. The minimum atomic E-state index is -0.574. The molecule has 49 heavy (non-hydrogen) atoms. The first-order valence-electron chi connectivity index (χ1n) is 17.2. The molecule has 1 atom stereocenters. The molecular weight excluding hydrogens is 821 g/mol. The van der Waals surface area contributed by atoms with E-state index < -0.39 is 6.10 Å². The Kier molecular flexibility index (Phi) is 13.9. The summed E-state index contributed by atoms with van der Waals surface area (Å²) in [6.07, 6.45) is 6.29. The number of allylic oxidation sites excluding steroid dienone is 1. The Morgan fingerprint density at radius 3 is 2.14 bits per heavy atom. The molecule has 1 radical (unpaired) electrons. The van der Waals surface area contributed by atoms with E-state index in [1.807, 2.05) is 6.92 Å². The van der Waals surface area contributed by atoms with E-state index in [0.717, 1.165) is 58.5 Å². The van der Waals surface area contributed by atoms with Crippen LogP contribution in [0.2, 0.25) is 0 Å². The smallest absolute Gasteiger partial charge is 0.108 e. The summed E-state index contributed by atoms with van der Waals surface area (Å²) in [5, 5.41) is 26.3. The summed E-state index contributed by atoms with van der Waals surface area (Å²) in [6.45, 7) is 21.3. The molecule has 2 heterocycles. The summed E-state index contributed by atoms with van der Waals surface area (Å²) in [4.78, 5) is 9.98. The van der Waals surface area contributed by atoms with E-state index in [1.54, 1.807) is 23.7 Å². The number of rotatable bonds is 9. The molecule has 0 spiro atoms. The first-order valence-corrected chi connectivity index (χ1v) is 18.5. The molecule has 0 fully saturated rings. The minimum absolute atomic E-state index is 0. The Labute approximate surface area is 317 Å². The Balaban J connectivity index is 0.000000312. The fraction of sp³-hybridized carbons (Fsp3) is 0.429. The van der Waals surface area contributed by atoms with Crippen molar-refractivity contribution in [1.82, 2.24) is 9.97 Å². The molecule has 0 aliphatic heterocycles. The van der Waals surface area contributed by atoms with Crippen LogP contribution in [0.15, 0.2) is 77.0 Å². The van der Waals surface area contributed by atoms with Crippen LogP contribution in [0.4, 0.5) is 0 Å². The summed E-state index contributed by atoms with van der Waals surface area (Å²) in [5.41, 5.74) is 5.90. The molecule has 265 valence electrons. The van der Waals surface area contributed by atoms with Crippen molar-refractivity contribution >= 4 is 44.8 Å². The fourth-order valence-corrected chi connectivity index (χ4v) is 7.25. The van der Waals surface area contributed by atoms with Crippen molar-refractivity contribution in [3.63, 3.8) is 0 Å².